The highest BCUT2D eigenvalue weighted by Crippen LogP contribution is 2.35. The van der Waals surface area contributed by atoms with Crippen molar-refractivity contribution in [2.24, 2.45) is 5.73 Å². The number of aromatic amines is 1. The van der Waals surface area contributed by atoms with Crippen molar-refractivity contribution in [3.05, 3.63) is 101 Å². The summed E-state index contributed by atoms with van der Waals surface area (Å²) in [6, 6.07) is 23.6. The van der Waals surface area contributed by atoms with Crippen molar-refractivity contribution in [1.82, 2.24) is 15.0 Å². The molecule has 0 fully saturated rings. The molecule has 0 spiro atoms. The molecule has 0 aliphatic rings. The van der Waals surface area contributed by atoms with E-state index in [1.54, 1.807) is 25.6 Å². The molecule has 162 valence electrons. The first-order valence-electron chi connectivity index (χ1n) is 10.6. The van der Waals surface area contributed by atoms with Crippen molar-refractivity contribution >= 4 is 10.9 Å². The Hall–Kier alpha value is -4.29. The molecule has 2 aromatic carbocycles. The van der Waals surface area contributed by atoms with E-state index in [1.807, 2.05) is 66.7 Å². The second-order valence-electron chi connectivity index (χ2n) is 7.67. The smallest absolute Gasteiger partial charge is 0.257 e. The molecule has 0 atom stereocenters. The van der Waals surface area contributed by atoms with Crippen molar-refractivity contribution in [3.8, 4) is 39.4 Å². The van der Waals surface area contributed by atoms with Crippen LogP contribution < -0.4 is 16.0 Å². The van der Waals surface area contributed by atoms with Gasteiger partial charge in [-0.25, -0.2) is 9.97 Å². The summed E-state index contributed by atoms with van der Waals surface area (Å²) in [6.07, 6.45) is 3.40. The number of nitrogens with one attached hydrogen (secondary N) is 1. The molecule has 0 aliphatic carbocycles. The fraction of sp³-hybridized carbons (Fsp3) is 0.0741. The minimum Gasteiger partial charge on any atom is -0.481 e. The standard InChI is InChI=1S/C27H22N4O2/c1-33-24-12-11-20(15-29-24)23-16-30-27(32)22-13-21(18-5-3-2-4-6-18)25(31-26(22)23)19-9-7-17(14-28)8-10-19/h2-13,15-16H,14,28H2,1H3,(H,30,32). The molecule has 3 N–H and O–H groups in total. The van der Waals surface area contributed by atoms with Crippen LogP contribution in [0.4, 0.5) is 0 Å². The first-order valence-corrected chi connectivity index (χ1v) is 10.6. The van der Waals surface area contributed by atoms with E-state index in [1.165, 1.54) is 0 Å². The Morgan fingerprint density at radius 2 is 1.67 bits per heavy atom. The zero-order valence-corrected chi connectivity index (χ0v) is 18.1. The topological polar surface area (TPSA) is 93.9 Å². The minimum atomic E-state index is -0.190. The SMILES string of the molecule is COc1ccc(-c2c[nH]c(=O)c3cc(-c4ccccc4)c(-c4ccc(CN)cc4)nc23)cn1. The quantitative estimate of drug-likeness (QED) is 0.415. The average Bonchev–Trinajstić information content (AvgIpc) is 2.89. The van der Waals surface area contributed by atoms with Crippen LogP contribution in [0.3, 0.4) is 0 Å². The van der Waals surface area contributed by atoms with Crippen LogP contribution in [0.2, 0.25) is 0 Å². The summed E-state index contributed by atoms with van der Waals surface area (Å²) >= 11 is 0. The van der Waals surface area contributed by atoms with Crippen LogP contribution >= 0.6 is 0 Å². The third kappa shape index (κ3) is 3.88. The maximum absolute atomic E-state index is 12.8. The van der Waals surface area contributed by atoms with Crippen molar-refractivity contribution in [3.63, 3.8) is 0 Å². The van der Waals surface area contributed by atoms with E-state index in [0.29, 0.717) is 23.3 Å². The molecule has 3 heterocycles. The number of rotatable bonds is 5. The van der Waals surface area contributed by atoms with Gasteiger partial charge in [-0.2, -0.15) is 0 Å². The van der Waals surface area contributed by atoms with E-state index in [0.717, 1.165) is 39.1 Å². The molecule has 0 saturated carbocycles. The van der Waals surface area contributed by atoms with Gasteiger partial charge in [0, 0.05) is 47.3 Å². The van der Waals surface area contributed by atoms with Crippen molar-refractivity contribution in [2.45, 2.75) is 6.54 Å². The van der Waals surface area contributed by atoms with Gasteiger partial charge in [0.15, 0.2) is 0 Å². The molecule has 6 nitrogen and oxygen atoms in total. The summed E-state index contributed by atoms with van der Waals surface area (Å²) in [5, 5.41) is 0.518. The molecular weight excluding hydrogens is 412 g/mol. The fourth-order valence-corrected chi connectivity index (χ4v) is 3.91. The molecule has 0 bridgehead atoms. The third-order valence-electron chi connectivity index (χ3n) is 5.67. The average molecular weight is 434 g/mol. The molecule has 0 saturated heterocycles. The van der Waals surface area contributed by atoms with Gasteiger partial charge in [0.1, 0.15) is 0 Å². The summed E-state index contributed by atoms with van der Waals surface area (Å²) in [6.45, 7) is 0.473. The Labute approximate surface area is 190 Å². The van der Waals surface area contributed by atoms with Crippen LogP contribution in [0.15, 0.2) is 90.0 Å². The second-order valence-corrected chi connectivity index (χ2v) is 7.67. The third-order valence-corrected chi connectivity index (χ3v) is 5.67. The molecule has 33 heavy (non-hydrogen) atoms. The predicted octanol–water partition coefficient (Wildman–Crippen LogP) is 4.79. The Morgan fingerprint density at radius 3 is 2.33 bits per heavy atom. The number of nitrogens with two attached hydrogens (primary N) is 1. The number of nitrogens with zero attached hydrogens (tertiary/aromatic N) is 2. The Bertz CT molecular complexity index is 1480. The highest BCUT2D eigenvalue weighted by atomic mass is 16.5. The summed E-state index contributed by atoms with van der Waals surface area (Å²) in [5.41, 5.74) is 12.5. The van der Waals surface area contributed by atoms with Crippen LogP contribution in [0.5, 0.6) is 5.88 Å². The number of aromatic nitrogens is 3. The molecule has 3 aromatic heterocycles. The van der Waals surface area contributed by atoms with Crippen molar-refractivity contribution in [1.29, 1.82) is 0 Å². The van der Waals surface area contributed by atoms with Gasteiger partial charge in [-0.05, 0) is 23.3 Å². The van der Waals surface area contributed by atoms with E-state index in [-0.39, 0.29) is 5.56 Å². The van der Waals surface area contributed by atoms with E-state index < -0.39 is 0 Å². The number of methoxy groups -OCH3 is 1. The Kier molecular flexibility index (Phi) is 5.42. The fourth-order valence-electron chi connectivity index (χ4n) is 3.91. The van der Waals surface area contributed by atoms with E-state index in [2.05, 4.69) is 9.97 Å². The lowest BCUT2D eigenvalue weighted by Gasteiger charge is -2.14. The van der Waals surface area contributed by atoms with E-state index in [9.17, 15) is 4.79 Å². The molecule has 5 rings (SSSR count). The molecule has 0 unspecified atom stereocenters. The van der Waals surface area contributed by atoms with Gasteiger partial charge < -0.3 is 15.5 Å². The van der Waals surface area contributed by atoms with Gasteiger partial charge in [0.05, 0.1) is 23.7 Å². The monoisotopic (exact) mass is 434 g/mol. The van der Waals surface area contributed by atoms with Crippen LogP contribution in [0.25, 0.3) is 44.4 Å². The molecule has 0 aliphatic heterocycles. The Balaban J connectivity index is 1.80. The molecule has 5 aromatic rings. The number of hydrogen-bond donors (Lipinski definition) is 2. The molecule has 0 radical (unpaired) electrons. The molecular formula is C27H22N4O2. The molecule has 0 amide bonds. The number of fused-ring (bicyclic) bond motifs is 1. The number of pyridine rings is 3. The van der Waals surface area contributed by atoms with Crippen LogP contribution in [0, 0.1) is 0 Å². The largest absolute Gasteiger partial charge is 0.481 e. The predicted molar refractivity (Wildman–Crippen MR) is 131 cm³/mol. The van der Waals surface area contributed by atoms with E-state index >= 15 is 0 Å². The van der Waals surface area contributed by atoms with Crippen LogP contribution in [0.1, 0.15) is 5.56 Å². The minimum absolute atomic E-state index is 0.190. The number of ether oxygens (including phenoxy) is 1. The van der Waals surface area contributed by atoms with Gasteiger partial charge in [0.2, 0.25) is 5.88 Å². The first kappa shape index (κ1) is 20.6. The van der Waals surface area contributed by atoms with Gasteiger partial charge in [0.25, 0.3) is 5.56 Å². The lowest BCUT2D eigenvalue weighted by Crippen LogP contribution is -2.08. The summed E-state index contributed by atoms with van der Waals surface area (Å²) in [7, 11) is 1.58. The summed E-state index contributed by atoms with van der Waals surface area (Å²) in [4.78, 5) is 25.0. The summed E-state index contributed by atoms with van der Waals surface area (Å²) < 4.78 is 5.18. The summed E-state index contributed by atoms with van der Waals surface area (Å²) in [5.74, 6) is 0.521. The maximum atomic E-state index is 12.8. The van der Waals surface area contributed by atoms with Crippen LogP contribution in [-0.4, -0.2) is 22.1 Å². The van der Waals surface area contributed by atoms with Crippen LogP contribution in [-0.2, 0) is 6.54 Å². The van der Waals surface area contributed by atoms with Gasteiger partial charge in [-0.1, -0.05) is 54.6 Å². The van der Waals surface area contributed by atoms with Crippen molar-refractivity contribution in [2.75, 3.05) is 7.11 Å². The van der Waals surface area contributed by atoms with E-state index in [4.69, 9.17) is 15.5 Å². The number of benzene rings is 2. The first-order chi connectivity index (χ1) is 16.2. The lowest BCUT2D eigenvalue weighted by atomic mass is 9.96. The molecule has 6 heteroatoms. The maximum Gasteiger partial charge on any atom is 0.257 e. The highest BCUT2D eigenvalue weighted by Gasteiger charge is 2.16. The van der Waals surface area contributed by atoms with Gasteiger partial charge in [-0.15, -0.1) is 0 Å². The Morgan fingerprint density at radius 1 is 0.909 bits per heavy atom. The van der Waals surface area contributed by atoms with Gasteiger partial charge in [-0.3, -0.25) is 4.79 Å². The normalized spacial score (nSPS) is 11.0. The number of hydrogen-bond acceptors (Lipinski definition) is 5. The zero-order chi connectivity index (χ0) is 22.8. The zero-order valence-electron chi connectivity index (χ0n) is 18.1. The second kappa shape index (κ2) is 8.68. The number of H-pyrrole nitrogens is 1. The van der Waals surface area contributed by atoms with Crippen molar-refractivity contribution < 1.29 is 4.74 Å². The van der Waals surface area contributed by atoms with Gasteiger partial charge >= 0.3 is 0 Å². The lowest BCUT2D eigenvalue weighted by molar-refractivity contribution is 0.398. The highest BCUT2D eigenvalue weighted by molar-refractivity contribution is 5.98.